The van der Waals surface area contributed by atoms with Crippen LogP contribution < -0.4 is 0 Å². The van der Waals surface area contributed by atoms with Gasteiger partial charge in [-0.3, -0.25) is 9.78 Å². The van der Waals surface area contributed by atoms with Crippen molar-refractivity contribution in [3.05, 3.63) is 35.5 Å². The summed E-state index contributed by atoms with van der Waals surface area (Å²) < 4.78 is 0. The van der Waals surface area contributed by atoms with E-state index in [2.05, 4.69) is 21.8 Å². The lowest BCUT2D eigenvalue weighted by atomic mass is 9.99. The van der Waals surface area contributed by atoms with Crippen molar-refractivity contribution < 1.29 is 4.79 Å². The number of rotatable bonds is 5. The first-order valence-corrected chi connectivity index (χ1v) is 9.31. The second-order valence-corrected chi connectivity index (χ2v) is 6.86. The van der Waals surface area contributed by atoms with Gasteiger partial charge in [0.15, 0.2) is 0 Å². The van der Waals surface area contributed by atoms with Crippen molar-refractivity contribution in [3.8, 4) is 10.7 Å². The molecule has 1 fully saturated rings. The summed E-state index contributed by atoms with van der Waals surface area (Å²) in [5, 5.41) is 2.97. The standard InChI is InChI=1S/C18H23N3OS/c1-2-15-7-4-6-12-21(15)17(22)10-9-14-13-23-18(20-14)16-8-3-5-11-19-16/h3,5,8,11,13,15H,2,4,6-7,9-10,12H2,1H3. The predicted molar refractivity (Wildman–Crippen MR) is 93.3 cm³/mol. The van der Waals surface area contributed by atoms with E-state index in [0.29, 0.717) is 12.5 Å². The van der Waals surface area contributed by atoms with E-state index in [-0.39, 0.29) is 5.91 Å². The van der Waals surface area contributed by atoms with Crippen molar-refractivity contribution in [3.63, 3.8) is 0 Å². The quantitative estimate of drug-likeness (QED) is 0.835. The zero-order chi connectivity index (χ0) is 16.1. The molecule has 3 heterocycles. The van der Waals surface area contributed by atoms with Crippen LogP contribution in [-0.4, -0.2) is 33.4 Å². The first-order chi connectivity index (χ1) is 11.3. The van der Waals surface area contributed by atoms with Crippen LogP contribution in [0, 0.1) is 0 Å². The number of amides is 1. The summed E-state index contributed by atoms with van der Waals surface area (Å²) in [6.45, 7) is 3.10. The SMILES string of the molecule is CCC1CCCCN1C(=O)CCc1csc(-c2ccccn2)n1. The third kappa shape index (κ3) is 3.96. The van der Waals surface area contributed by atoms with Crippen molar-refractivity contribution in [2.24, 2.45) is 0 Å². The fourth-order valence-corrected chi connectivity index (χ4v) is 3.99. The highest BCUT2D eigenvalue weighted by molar-refractivity contribution is 7.13. The molecule has 0 spiro atoms. The molecular weight excluding hydrogens is 306 g/mol. The van der Waals surface area contributed by atoms with E-state index >= 15 is 0 Å². The Hall–Kier alpha value is -1.75. The molecule has 3 rings (SSSR count). The minimum absolute atomic E-state index is 0.281. The minimum atomic E-state index is 0.281. The van der Waals surface area contributed by atoms with Gasteiger partial charge < -0.3 is 4.90 Å². The lowest BCUT2D eigenvalue weighted by Crippen LogP contribution is -2.43. The molecule has 2 aromatic heterocycles. The molecule has 23 heavy (non-hydrogen) atoms. The maximum Gasteiger partial charge on any atom is 0.223 e. The van der Waals surface area contributed by atoms with Gasteiger partial charge in [0.05, 0.1) is 11.4 Å². The van der Waals surface area contributed by atoms with Crippen molar-refractivity contribution in [2.45, 2.75) is 51.5 Å². The highest BCUT2D eigenvalue weighted by Crippen LogP contribution is 2.23. The van der Waals surface area contributed by atoms with Gasteiger partial charge >= 0.3 is 0 Å². The fourth-order valence-electron chi connectivity index (χ4n) is 3.16. The molecule has 0 saturated carbocycles. The highest BCUT2D eigenvalue weighted by Gasteiger charge is 2.24. The molecular formula is C18H23N3OS. The van der Waals surface area contributed by atoms with Gasteiger partial charge in [-0.05, 0) is 44.2 Å². The van der Waals surface area contributed by atoms with Crippen LogP contribution in [0.2, 0.25) is 0 Å². The van der Waals surface area contributed by atoms with E-state index in [1.54, 1.807) is 17.5 Å². The van der Waals surface area contributed by atoms with E-state index < -0.39 is 0 Å². The molecule has 1 saturated heterocycles. The van der Waals surface area contributed by atoms with E-state index in [1.807, 2.05) is 23.6 Å². The van der Waals surface area contributed by atoms with Gasteiger partial charge in [0.25, 0.3) is 0 Å². The maximum atomic E-state index is 12.5. The van der Waals surface area contributed by atoms with Gasteiger partial charge in [-0.1, -0.05) is 13.0 Å². The Bertz CT molecular complexity index is 641. The minimum Gasteiger partial charge on any atom is -0.340 e. The van der Waals surface area contributed by atoms with Crippen molar-refractivity contribution in [1.29, 1.82) is 0 Å². The molecule has 1 amide bonds. The molecule has 1 atom stereocenters. The predicted octanol–water partition coefficient (Wildman–Crippen LogP) is 3.93. The second-order valence-electron chi connectivity index (χ2n) is 6.00. The topological polar surface area (TPSA) is 46.1 Å². The van der Waals surface area contributed by atoms with E-state index in [9.17, 15) is 4.79 Å². The molecule has 0 radical (unpaired) electrons. The summed E-state index contributed by atoms with van der Waals surface area (Å²) in [6.07, 6.45) is 7.66. The van der Waals surface area contributed by atoms with E-state index in [1.165, 1.54) is 6.42 Å². The van der Waals surface area contributed by atoms with Gasteiger partial charge in [0.1, 0.15) is 5.01 Å². The third-order valence-electron chi connectivity index (χ3n) is 4.45. The molecule has 0 aromatic carbocycles. The third-order valence-corrected chi connectivity index (χ3v) is 5.36. The lowest BCUT2D eigenvalue weighted by Gasteiger charge is -2.35. The second kappa shape index (κ2) is 7.68. The van der Waals surface area contributed by atoms with Crippen LogP contribution in [-0.2, 0) is 11.2 Å². The van der Waals surface area contributed by atoms with Crippen LogP contribution in [0.25, 0.3) is 10.7 Å². The monoisotopic (exact) mass is 329 g/mol. The van der Waals surface area contributed by atoms with Gasteiger partial charge in [0, 0.05) is 30.6 Å². The Morgan fingerprint density at radius 3 is 3.09 bits per heavy atom. The molecule has 1 aliphatic rings. The molecule has 0 N–H and O–H groups in total. The maximum absolute atomic E-state index is 12.5. The molecule has 2 aromatic rings. The smallest absolute Gasteiger partial charge is 0.223 e. The molecule has 122 valence electrons. The van der Waals surface area contributed by atoms with Crippen molar-refractivity contribution in [1.82, 2.24) is 14.9 Å². The summed E-state index contributed by atoms with van der Waals surface area (Å²) in [7, 11) is 0. The van der Waals surface area contributed by atoms with E-state index in [0.717, 1.165) is 48.6 Å². The average molecular weight is 329 g/mol. The number of pyridine rings is 1. The molecule has 0 aliphatic carbocycles. The lowest BCUT2D eigenvalue weighted by molar-refractivity contribution is -0.134. The normalized spacial score (nSPS) is 18.1. The number of thiazole rings is 1. The largest absolute Gasteiger partial charge is 0.340 e. The summed E-state index contributed by atoms with van der Waals surface area (Å²) in [6, 6.07) is 6.27. The van der Waals surface area contributed by atoms with E-state index in [4.69, 9.17) is 0 Å². The first-order valence-electron chi connectivity index (χ1n) is 8.43. The molecule has 5 heteroatoms. The van der Waals surface area contributed by atoms with Crippen LogP contribution >= 0.6 is 11.3 Å². The fraction of sp³-hybridized carbons (Fsp3) is 0.500. The zero-order valence-corrected chi connectivity index (χ0v) is 14.4. The van der Waals surface area contributed by atoms with Gasteiger partial charge in [-0.25, -0.2) is 4.98 Å². The van der Waals surface area contributed by atoms with Gasteiger partial charge in [-0.15, -0.1) is 11.3 Å². The number of carbonyl (C=O) groups excluding carboxylic acids is 1. The summed E-state index contributed by atoms with van der Waals surface area (Å²) >= 11 is 1.60. The van der Waals surface area contributed by atoms with Crippen LogP contribution in [0.1, 0.15) is 44.7 Å². The molecule has 0 bridgehead atoms. The molecule has 1 unspecified atom stereocenters. The Kier molecular flexibility index (Phi) is 5.39. The Labute approximate surface area is 141 Å². The van der Waals surface area contributed by atoms with Crippen LogP contribution in [0.4, 0.5) is 0 Å². The van der Waals surface area contributed by atoms with Gasteiger partial charge in [-0.2, -0.15) is 0 Å². The average Bonchev–Trinajstić information content (AvgIpc) is 3.09. The Morgan fingerprint density at radius 2 is 2.30 bits per heavy atom. The van der Waals surface area contributed by atoms with Crippen LogP contribution in [0.15, 0.2) is 29.8 Å². The van der Waals surface area contributed by atoms with Gasteiger partial charge in [0.2, 0.25) is 5.91 Å². The zero-order valence-electron chi connectivity index (χ0n) is 13.6. The molecule has 4 nitrogen and oxygen atoms in total. The summed E-state index contributed by atoms with van der Waals surface area (Å²) in [5.74, 6) is 0.281. The van der Waals surface area contributed by atoms with Crippen molar-refractivity contribution in [2.75, 3.05) is 6.54 Å². The Morgan fingerprint density at radius 1 is 1.39 bits per heavy atom. The number of aromatic nitrogens is 2. The Balaban J connectivity index is 1.58. The number of hydrogen-bond donors (Lipinski definition) is 0. The summed E-state index contributed by atoms with van der Waals surface area (Å²) in [5.41, 5.74) is 1.89. The number of aryl methyl sites for hydroxylation is 1. The number of likely N-dealkylation sites (tertiary alicyclic amines) is 1. The number of hydrogen-bond acceptors (Lipinski definition) is 4. The van der Waals surface area contributed by atoms with Crippen LogP contribution in [0.3, 0.4) is 0 Å². The number of carbonyl (C=O) groups is 1. The number of piperidine rings is 1. The molecule has 1 aliphatic heterocycles. The first kappa shape index (κ1) is 16.1. The number of nitrogens with zero attached hydrogens (tertiary/aromatic N) is 3. The summed E-state index contributed by atoms with van der Waals surface area (Å²) in [4.78, 5) is 23.5. The van der Waals surface area contributed by atoms with Crippen LogP contribution in [0.5, 0.6) is 0 Å². The van der Waals surface area contributed by atoms with Crippen molar-refractivity contribution >= 4 is 17.2 Å². The highest BCUT2D eigenvalue weighted by atomic mass is 32.1.